The van der Waals surface area contributed by atoms with Gasteiger partial charge in [0, 0.05) is 12.6 Å². The molecule has 3 aromatic rings. The first-order valence-electron chi connectivity index (χ1n) is 7.78. The summed E-state index contributed by atoms with van der Waals surface area (Å²) in [5.74, 6) is -0.747. The number of aromatic nitrogens is 4. The van der Waals surface area contributed by atoms with Gasteiger partial charge in [-0.05, 0) is 40.8 Å². The second-order valence-electron chi connectivity index (χ2n) is 5.61. The van der Waals surface area contributed by atoms with E-state index < -0.39 is 5.91 Å². The molecule has 3 rings (SSSR count). The number of para-hydroxylation sites is 1. The predicted molar refractivity (Wildman–Crippen MR) is 101 cm³/mol. The summed E-state index contributed by atoms with van der Waals surface area (Å²) in [6, 6.07) is 11.7. The first kappa shape index (κ1) is 18.8. The number of anilines is 1. The molecular weight excluding hydrogens is 391 g/mol. The molecule has 0 unspecified atom stereocenters. The summed E-state index contributed by atoms with van der Waals surface area (Å²) >= 11 is 12.1. The van der Waals surface area contributed by atoms with Crippen molar-refractivity contribution >= 4 is 40.7 Å². The van der Waals surface area contributed by atoms with Crippen LogP contribution < -0.4 is 5.32 Å². The number of nitrogens with one attached hydrogen (secondary N) is 1. The molecule has 0 aliphatic carbocycles. The van der Waals surface area contributed by atoms with Crippen LogP contribution in [0.5, 0.6) is 0 Å². The van der Waals surface area contributed by atoms with E-state index in [4.69, 9.17) is 23.2 Å². The van der Waals surface area contributed by atoms with Crippen LogP contribution in [0, 0.1) is 0 Å². The molecule has 27 heavy (non-hydrogen) atoms. The maximum Gasteiger partial charge on any atom is 0.254 e. The van der Waals surface area contributed by atoms with Crippen molar-refractivity contribution in [2.75, 3.05) is 18.9 Å². The van der Waals surface area contributed by atoms with E-state index in [0.717, 1.165) is 0 Å². The van der Waals surface area contributed by atoms with Crippen LogP contribution in [0.1, 0.15) is 10.4 Å². The van der Waals surface area contributed by atoms with Gasteiger partial charge < -0.3 is 10.2 Å². The highest BCUT2D eigenvalue weighted by molar-refractivity contribution is 6.39. The van der Waals surface area contributed by atoms with Crippen molar-refractivity contribution in [3.63, 3.8) is 0 Å². The Hall–Kier alpha value is -2.97. The third-order valence-corrected chi connectivity index (χ3v) is 4.29. The number of halogens is 2. The van der Waals surface area contributed by atoms with Crippen LogP contribution in [0.4, 0.5) is 5.69 Å². The van der Waals surface area contributed by atoms with E-state index in [1.807, 2.05) is 0 Å². The van der Waals surface area contributed by atoms with E-state index in [9.17, 15) is 9.59 Å². The zero-order chi connectivity index (χ0) is 19.4. The number of rotatable bonds is 5. The Kier molecular flexibility index (Phi) is 5.68. The van der Waals surface area contributed by atoms with Crippen molar-refractivity contribution < 1.29 is 9.59 Å². The topological polar surface area (TPSA) is 93.0 Å². The lowest BCUT2D eigenvalue weighted by Gasteiger charge is -2.18. The fraction of sp³-hybridized carbons (Fsp3) is 0.118. The summed E-state index contributed by atoms with van der Waals surface area (Å²) in [7, 11) is 1.53. The van der Waals surface area contributed by atoms with Crippen molar-refractivity contribution in [1.29, 1.82) is 0 Å². The SMILES string of the molecule is CN(CC(=O)Nc1c(Cl)cccc1Cl)C(=O)c1cccc(-n2cnnn2)c1. The Bertz CT molecular complexity index is 957. The van der Waals surface area contributed by atoms with Crippen LogP contribution in [-0.4, -0.2) is 50.5 Å². The molecule has 1 N–H and O–H groups in total. The molecule has 0 saturated heterocycles. The molecule has 10 heteroatoms. The van der Waals surface area contributed by atoms with Crippen LogP contribution in [0.3, 0.4) is 0 Å². The van der Waals surface area contributed by atoms with Gasteiger partial charge in [0.1, 0.15) is 6.33 Å². The molecule has 0 saturated carbocycles. The quantitative estimate of drug-likeness (QED) is 0.705. The first-order valence-corrected chi connectivity index (χ1v) is 8.54. The maximum absolute atomic E-state index is 12.6. The molecule has 0 fully saturated rings. The van der Waals surface area contributed by atoms with E-state index >= 15 is 0 Å². The van der Waals surface area contributed by atoms with Crippen LogP contribution >= 0.6 is 23.2 Å². The molecule has 0 radical (unpaired) electrons. The molecule has 1 heterocycles. The van der Waals surface area contributed by atoms with Gasteiger partial charge in [0.05, 0.1) is 28.0 Å². The summed E-state index contributed by atoms with van der Waals surface area (Å²) in [6.45, 7) is -0.171. The third kappa shape index (κ3) is 4.42. The summed E-state index contributed by atoms with van der Waals surface area (Å²) in [5.41, 5.74) is 1.34. The zero-order valence-corrected chi connectivity index (χ0v) is 15.6. The number of likely N-dealkylation sites (N-methyl/N-ethyl adjacent to an activating group) is 1. The number of benzene rings is 2. The van der Waals surface area contributed by atoms with Crippen LogP contribution in [0.25, 0.3) is 5.69 Å². The van der Waals surface area contributed by atoms with Gasteiger partial charge >= 0.3 is 0 Å². The van der Waals surface area contributed by atoms with E-state index in [1.54, 1.807) is 42.5 Å². The number of nitrogens with zero attached hydrogens (tertiary/aromatic N) is 5. The van der Waals surface area contributed by atoms with Crippen LogP contribution in [0.15, 0.2) is 48.8 Å². The van der Waals surface area contributed by atoms with Gasteiger partial charge in [0.25, 0.3) is 5.91 Å². The molecule has 0 atom stereocenters. The molecule has 0 bridgehead atoms. The second kappa shape index (κ2) is 8.15. The molecule has 2 amide bonds. The Morgan fingerprint density at radius 1 is 1.15 bits per heavy atom. The molecule has 0 spiro atoms. The number of carbonyl (C=O) groups excluding carboxylic acids is 2. The van der Waals surface area contributed by atoms with E-state index in [-0.39, 0.29) is 12.5 Å². The average Bonchev–Trinajstić information content (AvgIpc) is 3.19. The van der Waals surface area contributed by atoms with Crippen molar-refractivity contribution in [2.45, 2.75) is 0 Å². The minimum absolute atomic E-state index is 0.171. The summed E-state index contributed by atoms with van der Waals surface area (Å²) in [4.78, 5) is 26.2. The predicted octanol–water partition coefficient (Wildman–Crippen LogP) is 2.68. The molecule has 138 valence electrons. The highest BCUT2D eigenvalue weighted by Gasteiger charge is 2.17. The lowest BCUT2D eigenvalue weighted by Crippen LogP contribution is -2.35. The molecule has 2 aromatic carbocycles. The Morgan fingerprint density at radius 2 is 1.85 bits per heavy atom. The van der Waals surface area contributed by atoms with E-state index in [1.165, 1.54) is 23.0 Å². The van der Waals surface area contributed by atoms with Gasteiger partial charge in [-0.15, -0.1) is 5.10 Å². The van der Waals surface area contributed by atoms with Crippen LogP contribution in [0.2, 0.25) is 10.0 Å². The fourth-order valence-electron chi connectivity index (χ4n) is 2.36. The number of tetrazole rings is 1. The molecular formula is C17H14Cl2N6O2. The van der Waals surface area contributed by atoms with E-state index in [0.29, 0.717) is 27.0 Å². The van der Waals surface area contributed by atoms with Gasteiger partial charge in [-0.25, -0.2) is 4.68 Å². The van der Waals surface area contributed by atoms with Crippen molar-refractivity contribution in [3.8, 4) is 5.69 Å². The van der Waals surface area contributed by atoms with Gasteiger partial charge in [0.2, 0.25) is 5.91 Å². The van der Waals surface area contributed by atoms with Crippen molar-refractivity contribution in [3.05, 3.63) is 64.4 Å². The Balaban J connectivity index is 1.69. The normalized spacial score (nSPS) is 10.5. The monoisotopic (exact) mass is 404 g/mol. The smallest absolute Gasteiger partial charge is 0.254 e. The minimum atomic E-state index is -0.419. The molecule has 8 nitrogen and oxygen atoms in total. The van der Waals surface area contributed by atoms with Gasteiger partial charge in [-0.3, -0.25) is 9.59 Å². The number of carbonyl (C=O) groups is 2. The van der Waals surface area contributed by atoms with Crippen LogP contribution in [-0.2, 0) is 4.79 Å². The fourth-order valence-corrected chi connectivity index (χ4v) is 2.86. The Labute approximate surface area is 164 Å². The summed E-state index contributed by atoms with van der Waals surface area (Å²) in [6.07, 6.45) is 1.42. The lowest BCUT2D eigenvalue weighted by molar-refractivity contribution is -0.116. The lowest BCUT2D eigenvalue weighted by atomic mass is 10.2. The molecule has 0 aliphatic rings. The summed E-state index contributed by atoms with van der Waals surface area (Å²) < 4.78 is 1.43. The highest BCUT2D eigenvalue weighted by atomic mass is 35.5. The number of hydrogen-bond donors (Lipinski definition) is 1. The first-order chi connectivity index (χ1) is 13.0. The van der Waals surface area contributed by atoms with Gasteiger partial charge in [-0.2, -0.15) is 0 Å². The van der Waals surface area contributed by atoms with Gasteiger partial charge in [0.15, 0.2) is 0 Å². The number of hydrogen-bond acceptors (Lipinski definition) is 5. The van der Waals surface area contributed by atoms with Crippen molar-refractivity contribution in [1.82, 2.24) is 25.1 Å². The minimum Gasteiger partial charge on any atom is -0.332 e. The summed E-state index contributed by atoms with van der Waals surface area (Å²) in [5, 5.41) is 14.2. The third-order valence-electron chi connectivity index (χ3n) is 3.66. The van der Waals surface area contributed by atoms with E-state index in [2.05, 4.69) is 20.8 Å². The standard InChI is InChI=1S/C17H14Cl2N6O2/c1-24(9-15(26)21-16-13(18)6-3-7-14(16)19)17(27)11-4-2-5-12(8-11)25-10-20-22-23-25/h2-8,10H,9H2,1H3,(H,21,26). The largest absolute Gasteiger partial charge is 0.332 e. The van der Waals surface area contributed by atoms with Crippen molar-refractivity contribution in [2.24, 2.45) is 0 Å². The number of amides is 2. The maximum atomic E-state index is 12.6. The molecule has 1 aromatic heterocycles. The van der Waals surface area contributed by atoms with Gasteiger partial charge in [-0.1, -0.05) is 35.3 Å². The highest BCUT2D eigenvalue weighted by Crippen LogP contribution is 2.29. The average molecular weight is 405 g/mol. The zero-order valence-electron chi connectivity index (χ0n) is 14.1. The second-order valence-corrected chi connectivity index (χ2v) is 6.43. The molecule has 0 aliphatic heterocycles. The Morgan fingerprint density at radius 3 is 2.52 bits per heavy atom.